The quantitative estimate of drug-likeness (QED) is 0.474. The highest BCUT2D eigenvalue weighted by molar-refractivity contribution is 7.80. The molecule has 0 spiro atoms. The van der Waals surface area contributed by atoms with E-state index in [1.54, 1.807) is 0 Å². The third-order valence-corrected chi connectivity index (χ3v) is 3.07. The first kappa shape index (κ1) is 13.9. The molecule has 4 heteroatoms. The lowest BCUT2D eigenvalue weighted by Crippen LogP contribution is -2.20. The minimum atomic E-state index is 0.273. The molecule has 0 radical (unpaired) electrons. The molecule has 0 saturated heterocycles. The average molecular weight is 245 g/mol. The van der Waals surface area contributed by atoms with Gasteiger partial charge in [-0.15, -0.1) is 0 Å². The van der Waals surface area contributed by atoms with Gasteiger partial charge in [-0.05, 0) is 19.3 Å². The van der Waals surface area contributed by atoms with Crippen LogP contribution in [0.15, 0.2) is 0 Å². The van der Waals surface area contributed by atoms with Crippen LogP contribution in [0.2, 0.25) is 0 Å². The van der Waals surface area contributed by atoms with E-state index < -0.39 is 0 Å². The van der Waals surface area contributed by atoms with Crippen molar-refractivity contribution in [1.29, 1.82) is 0 Å². The van der Waals surface area contributed by atoms with Crippen LogP contribution in [-0.2, 0) is 9.47 Å². The average Bonchev–Trinajstić information content (AvgIpc) is 2.96. The zero-order valence-corrected chi connectivity index (χ0v) is 11.0. The third-order valence-electron chi connectivity index (χ3n) is 2.93. The summed E-state index contributed by atoms with van der Waals surface area (Å²) in [5.41, 5.74) is 5.83. The second kappa shape index (κ2) is 7.20. The first-order chi connectivity index (χ1) is 7.68. The maximum absolute atomic E-state index is 5.60. The fraction of sp³-hybridized carbons (Fsp3) is 0.917. The van der Waals surface area contributed by atoms with Gasteiger partial charge < -0.3 is 15.2 Å². The van der Waals surface area contributed by atoms with Crippen molar-refractivity contribution in [2.24, 2.45) is 11.1 Å². The second-order valence-electron chi connectivity index (χ2n) is 4.66. The molecule has 0 atom stereocenters. The first-order valence-electron chi connectivity index (χ1n) is 6.12. The molecule has 0 bridgehead atoms. The molecular formula is C12H23NO2S. The van der Waals surface area contributed by atoms with Gasteiger partial charge in [-0.25, -0.2) is 0 Å². The maximum Gasteiger partial charge on any atom is 0.0733 e. The van der Waals surface area contributed by atoms with Crippen molar-refractivity contribution >= 4 is 17.2 Å². The standard InChI is InChI=1S/C12H23NO2S/c1-2-3-6-14-7-8-15-10-12(4-5-12)9-11(13)16/h2-10H2,1H3,(H2,13,16). The minimum absolute atomic E-state index is 0.273. The van der Waals surface area contributed by atoms with Crippen molar-refractivity contribution in [3.8, 4) is 0 Å². The van der Waals surface area contributed by atoms with Crippen molar-refractivity contribution < 1.29 is 9.47 Å². The molecular weight excluding hydrogens is 222 g/mol. The monoisotopic (exact) mass is 245 g/mol. The molecule has 1 rings (SSSR count). The highest BCUT2D eigenvalue weighted by atomic mass is 32.1. The molecule has 1 saturated carbocycles. The Bertz CT molecular complexity index is 217. The van der Waals surface area contributed by atoms with Crippen molar-refractivity contribution in [3.05, 3.63) is 0 Å². The topological polar surface area (TPSA) is 44.5 Å². The van der Waals surface area contributed by atoms with E-state index in [0.717, 1.165) is 26.1 Å². The Morgan fingerprint density at radius 3 is 2.50 bits per heavy atom. The predicted octanol–water partition coefficient (Wildman–Crippen LogP) is 2.28. The number of hydrogen-bond acceptors (Lipinski definition) is 3. The van der Waals surface area contributed by atoms with Gasteiger partial charge in [0.15, 0.2) is 0 Å². The van der Waals surface area contributed by atoms with E-state index in [1.165, 1.54) is 19.3 Å². The molecule has 0 unspecified atom stereocenters. The van der Waals surface area contributed by atoms with E-state index in [2.05, 4.69) is 6.92 Å². The Morgan fingerprint density at radius 2 is 1.94 bits per heavy atom. The molecule has 1 aliphatic carbocycles. The van der Waals surface area contributed by atoms with Crippen LogP contribution in [0.3, 0.4) is 0 Å². The lowest BCUT2D eigenvalue weighted by atomic mass is 10.0. The number of thiocarbonyl (C=S) groups is 1. The SMILES string of the molecule is CCCCOCCOCC1(CC(N)=S)CC1. The molecule has 0 heterocycles. The zero-order chi connectivity index (χ0) is 11.9. The molecule has 1 fully saturated rings. The van der Waals surface area contributed by atoms with E-state index in [9.17, 15) is 0 Å². The molecule has 2 N–H and O–H groups in total. The number of rotatable bonds is 10. The van der Waals surface area contributed by atoms with Gasteiger partial charge in [0.25, 0.3) is 0 Å². The Balaban J connectivity index is 1.93. The lowest BCUT2D eigenvalue weighted by molar-refractivity contribution is 0.0292. The van der Waals surface area contributed by atoms with Crippen LogP contribution >= 0.6 is 12.2 Å². The molecule has 0 aromatic carbocycles. The normalized spacial score (nSPS) is 17.3. The maximum atomic E-state index is 5.60. The zero-order valence-electron chi connectivity index (χ0n) is 10.2. The summed E-state index contributed by atoms with van der Waals surface area (Å²) in [7, 11) is 0. The molecule has 3 nitrogen and oxygen atoms in total. The number of nitrogens with two attached hydrogens (primary N) is 1. The Morgan fingerprint density at radius 1 is 1.25 bits per heavy atom. The summed E-state index contributed by atoms with van der Waals surface area (Å²) in [6, 6.07) is 0. The van der Waals surface area contributed by atoms with Gasteiger partial charge in [-0.2, -0.15) is 0 Å². The fourth-order valence-corrected chi connectivity index (χ4v) is 1.98. The number of hydrogen-bond donors (Lipinski definition) is 1. The largest absolute Gasteiger partial charge is 0.393 e. The molecule has 1 aliphatic rings. The number of ether oxygens (including phenoxy) is 2. The van der Waals surface area contributed by atoms with Crippen LogP contribution in [0.1, 0.15) is 39.0 Å². The molecule has 0 aromatic heterocycles. The molecule has 16 heavy (non-hydrogen) atoms. The molecule has 94 valence electrons. The summed E-state index contributed by atoms with van der Waals surface area (Å²) in [5, 5.41) is 0. The van der Waals surface area contributed by atoms with Crippen molar-refractivity contribution in [2.45, 2.75) is 39.0 Å². The lowest BCUT2D eigenvalue weighted by Gasteiger charge is -2.14. The van der Waals surface area contributed by atoms with Crippen LogP contribution in [0.5, 0.6) is 0 Å². The van der Waals surface area contributed by atoms with E-state index >= 15 is 0 Å². The van der Waals surface area contributed by atoms with Gasteiger partial charge in [-0.1, -0.05) is 25.6 Å². The molecule has 0 aliphatic heterocycles. The van der Waals surface area contributed by atoms with E-state index in [-0.39, 0.29) is 5.41 Å². The van der Waals surface area contributed by atoms with E-state index in [4.69, 9.17) is 27.4 Å². The Kier molecular flexibility index (Phi) is 6.24. The van der Waals surface area contributed by atoms with Gasteiger partial charge in [0, 0.05) is 18.4 Å². The first-order valence-corrected chi connectivity index (χ1v) is 6.53. The third kappa shape index (κ3) is 5.77. The van der Waals surface area contributed by atoms with Gasteiger partial charge >= 0.3 is 0 Å². The van der Waals surface area contributed by atoms with Gasteiger partial charge in [-0.3, -0.25) is 0 Å². The smallest absolute Gasteiger partial charge is 0.0733 e. The summed E-state index contributed by atoms with van der Waals surface area (Å²) in [6.07, 6.45) is 5.53. The summed E-state index contributed by atoms with van der Waals surface area (Å²) in [6.45, 7) is 5.16. The predicted molar refractivity (Wildman–Crippen MR) is 69.6 cm³/mol. The van der Waals surface area contributed by atoms with Crippen molar-refractivity contribution in [3.63, 3.8) is 0 Å². The second-order valence-corrected chi connectivity index (χ2v) is 5.19. The molecule has 0 amide bonds. The van der Waals surface area contributed by atoms with Gasteiger partial charge in [0.1, 0.15) is 0 Å². The molecule has 0 aromatic rings. The highest BCUT2D eigenvalue weighted by Crippen LogP contribution is 2.48. The summed E-state index contributed by atoms with van der Waals surface area (Å²) >= 11 is 4.93. The van der Waals surface area contributed by atoms with Crippen molar-refractivity contribution in [2.75, 3.05) is 26.4 Å². The minimum Gasteiger partial charge on any atom is -0.393 e. The Labute approximate surface area is 104 Å². The van der Waals surface area contributed by atoms with Gasteiger partial charge in [0.2, 0.25) is 0 Å². The van der Waals surface area contributed by atoms with Crippen LogP contribution in [0.25, 0.3) is 0 Å². The van der Waals surface area contributed by atoms with Crippen molar-refractivity contribution in [1.82, 2.24) is 0 Å². The highest BCUT2D eigenvalue weighted by Gasteiger charge is 2.43. The van der Waals surface area contributed by atoms with Gasteiger partial charge in [0.05, 0.1) is 24.8 Å². The van der Waals surface area contributed by atoms with E-state index in [1.807, 2.05) is 0 Å². The van der Waals surface area contributed by atoms with E-state index in [0.29, 0.717) is 18.2 Å². The fourth-order valence-electron chi connectivity index (χ4n) is 1.67. The van der Waals surface area contributed by atoms with Crippen LogP contribution in [0, 0.1) is 5.41 Å². The van der Waals surface area contributed by atoms with Crippen LogP contribution < -0.4 is 5.73 Å². The summed E-state index contributed by atoms with van der Waals surface area (Å²) in [5.74, 6) is 0. The van der Waals surface area contributed by atoms with Crippen LogP contribution in [-0.4, -0.2) is 31.4 Å². The summed E-state index contributed by atoms with van der Waals surface area (Å²) < 4.78 is 11.0. The Hall–Kier alpha value is -0.190. The number of unbranched alkanes of at least 4 members (excludes halogenated alkanes) is 1. The van der Waals surface area contributed by atoms with Crippen LogP contribution in [0.4, 0.5) is 0 Å². The summed E-state index contributed by atoms with van der Waals surface area (Å²) in [4.78, 5) is 0.611.